The summed E-state index contributed by atoms with van der Waals surface area (Å²) in [4.78, 5) is 0. The zero-order valence-electron chi connectivity index (χ0n) is 25.9. The maximum absolute atomic E-state index is 6.99. The van der Waals surface area contributed by atoms with Gasteiger partial charge in [-0.15, -0.1) is 0 Å². The highest BCUT2D eigenvalue weighted by Crippen LogP contribution is 2.34. The number of unbranched alkanes of at least 4 members (excludes halogenated alkanes) is 18. The van der Waals surface area contributed by atoms with Crippen LogP contribution >= 0.6 is 0 Å². The van der Waals surface area contributed by atoms with Crippen molar-refractivity contribution in [2.24, 2.45) is 0 Å². The highest BCUT2D eigenvalue weighted by molar-refractivity contribution is 5.20. The van der Waals surface area contributed by atoms with Gasteiger partial charge >= 0.3 is 0 Å². The van der Waals surface area contributed by atoms with E-state index in [0.717, 1.165) is 12.8 Å². The van der Waals surface area contributed by atoms with Gasteiger partial charge in [0.15, 0.2) is 0 Å². The van der Waals surface area contributed by atoms with Gasteiger partial charge in [-0.2, -0.15) is 0 Å². The van der Waals surface area contributed by atoms with Gasteiger partial charge in [-0.05, 0) is 24.0 Å². The number of hydrogen-bond donors (Lipinski definition) is 0. The van der Waals surface area contributed by atoms with Crippen LogP contribution in [0.4, 0.5) is 0 Å². The van der Waals surface area contributed by atoms with Crippen molar-refractivity contribution >= 4 is 0 Å². The molecule has 2 rings (SSSR count). The van der Waals surface area contributed by atoms with Crippen LogP contribution in [-0.4, -0.2) is 0 Å². The molecule has 0 aromatic heterocycles. The van der Waals surface area contributed by atoms with Crippen LogP contribution in [0, 0.1) is 0 Å². The molecule has 1 heteroatoms. The first kappa shape index (κ1) is 33.6. The van der Waals surface area contributed by atoms with Gasteiger partial charge in [0.25, 0.3) is 0 Å². The summed E-state index contributed by atoms with van der Waals surface area (Å²) in [6, 6.07) is 22.0. The minimum absolute atomic E-state index is 0.188. The average Bonchev–Trinajstić information content (AvgIpc) is 2.98. The molecule has 0 saturated carbocycles. The zero-order chi connectivity index (χ0) is 27.6. The topological polar surface area (TPSA) is 9.23 Å². The molecular weight excluding hydrogens is 472 g/mol. The summed E-state index contributed by atoms with van der Waals surface area (Å²) in [7, 11) is 0. The van der Waals surface area contributed by atoms with E-state index in [1.54, 1.807) is 0 Å². The Bertz CT molecular complexity index is 689. The third-order valence-electron chi connectivity index (χ3n) is 8.31. The summed E-state index contributed by atoms with van der Waals surface area (Å²) in [6.07, 6.45) is 30.2. The Labute approximate surface area is 243 Å². The van der Waals surface area contributed by atoms with Gasteiger partial charge in [-0.3, -0.25) is 0 Å². The van der Waals surface area contributed by atoms with Crippen molar-refractivity contribution in [3.8, 4) is 0 Å². The molecule has 0 heterocycles. The van der Waals surface area contributed by atoms with Crippen LogP contribution in [0.3, 0.4) is 0 Å². The molecule has 0 fully saturated rings. The van der Waals surface area contributed by atoms with Gasteiger partial charge in [-0.25, -0.2) is 0 Å². The van der Waals surface area contributed by atoms with Gasteiger partial charge in [0.2, 0.25) is 0 Å². The third kappa shape index (κ3) is 17.0. The zero-order valence-corrected chi connectivity index (χ0v) is 25.9. The Hall–Kier alpha value is -1.60. The third-order valence-corrected chi connectivity index (χ3v) is 8.31. The monoisotopic (exact) mass is 534 g/mol. The molecule has 0 radical (unpaired) electrons. The molecule has 2 aromatic carbocycles. The Morgan fingerprint density at radius 2 is 0.667 bits per heavy atom. The first-order chi connectivity index (χ1) is 19.3. The van der Waals surface area contributed by atoms with E-state index < -0.39 is 0 Å². The molecule has 220 valence electrons. The van der Waals surface area contributed by atoms with Gasteiger partial charge in [0.1, 0.15) is 0 Å². The molecule has 2 aromatic rings. The number of ether oxygens (including phenoxy) is 1. The average molecular weight is 535 g/mol. The Morgan fingerprint density at radius 1 is 0.385 bits per heavy atom. The van der Waals surface area contributed by atoms with Crippen LogP contribution in [0.5, 0.6) is 0 Å². The van der Waals surface area contributed by atoms with Crippen LogP contribution in [0.25, 0.3) is 0 Å². The molecule has 0 aliphatic carbocycles. The lowest BCUT2D eigenvalue weighted by atomic mass is 9.98. The second-order valence-corrected chi connectivity index (χ2v) is 11.9. The lowest BCUT2D eigenvalue weighted by molar-refractivity contribution is -0.0264. The molecule has 0 saturated heterocycles. The van der Waals surface area contributed by atoms with Crippen molar-refractivity contribution in [2.75, 3.05) is 0 Å². The van der Waals surface area contributed by atoms with Crippen molar-refractivity contribution < 1.29 is 4.74 Å². The van der Waals surface area contributed by atoms with Gasteiger partial charge in [-0.1, -0.05) is 203 Å². The Balaban J connectivity index is 1.79. The van der Waals surface area contributed by atoms with Crippen molar-refractivity contribution in [1.29, 1.82) is 0 Å². The summed E-state index contributed by atoms with van der Waals surface area (Å²) in [6.45, 7) is 4.60. The number of hydrogen-bond acceptors (Lipinski definition) is 1. The molecule has 0 spiro atoms. The standard InChI is InChI=1S/C38H62O/c1-3-5-7-9-11-13-15-17-19-27-33-37(35-29-23-21-24-30-35)39-38(36-31-25-22-26-32-36)34-28-20-18-16-14-12-10-8-6-4-2/h21-26,29-32,37-38H,3-20,27-28,33-34H2,1-2H3. The van der Waals surface area contributed by atoms with E-state index in [1.165, 1.54) is 140 Å². The van der Waals surface area contributed by atoms with Crippen LogP contribution in [0.15, 0.2) is 60.7 Å². The van der Waals surface area contributed by atoms with Gasteiger partial charge in [0, 0.05) is 0 Å². The SMILES string of the molecule is CCCCCCCCCCCCC(OC(CCCCCCCCCCCC)c1ccccc1)c1ccccc1. The molecule has 2 unspecified atom stereocenters. The fraction of sp³-hybridized carbons (Fsp3) is 0.684. The van der Waals surface area contributed by atoms with E-state index in [1.807, 2.05) is 0 Å². The minimum Gasteiger partial charge on any atom is -0.366 e. The van der Waals surface area contributed by atoms with E-state index in [2.05, 4.69) is 74.5 Å². The van der Waals surface area contributed by atoms with Gasteiger partial charge < -0.3 is 4.74 Å². The molecule has 1 nitrogen and oxygen atoms in total. The summed E-state index contributed by atoms with van der Waals surface area (Å²) in [5.41, 5.74) is 2.69. The van der Waals surface area contributed by atoms with Crippen molar-refractivity contribution in [1.82, 2.24) is 0 Å². The van der Waals surface area contributed by atoms with E-state index in [9.17, 15) is 0 Å². The Morgan fingerprint density at radius 3 is 0.974 bits per heavy atom. The molecule has 0 amide bonds. The highest BCUT2D eigenvalue weighted by atomic mass is 16.5. The lowest BCUT2D eigenvalue weighted by Crippen LogP contribution is -2.11. The lowest BCUT2D eigenvalue weighted by Gasteiger charge is -2.26. The first-order valence-electron chi connectivity index (χ1n) is 17.1. The van der Waals surface area contributed by atoms with Crippen molar-refractivity contribution in [3.63, 3.8) is 0 Å². The van der Waals surface area contributed by atoms with E-state index in [4.69, 9.17) is 4.74 Å². The number of benzene rings is 2. The predicted molar refractivity (Wildman–Crippen MR) is 172 cm³/mol. The summed E-state index contributed by atoms with van der Waals surface area (Å²) >= 11 is 0. The largest absolute Gasteiger partial charge is 0.366 e. The maximum atomic E-state index is 6.99. The predicted octanol–water partition coefficient (Wildman–Crippen LogP) is 13.1. The van der Waals surface area contributed by atoms with E-state index in [-0.39, 0.29) is 12.2 Å². The van der Waals surface area contributed by atoms with Crippen molar-refractivity contribution in [3.05, 3.63) is 71.8 Å². The smallest absolute Gasteiger partial charge is 0.0833 e. The van der Waals surface area contributed by atoms with E-state index >= 15 is 0 Å². The molecule has 0 N–H and O–H groups in total. The Kier molecular flexibility index (Phi) is 20.9. The van der Waals surface area contributed by atoms with Gasteiger partial charge in [0.05, 0.1) is 12.2 Å². The van der Waals surface area contributed by atoms with Crippen molar-refractivity contribution in [2.45, 2.75) is 167 Å². The molecule has 0 aliphatic rings. The second kappa shape index (κ2) is 24.2. The fourth-order valence-electron chi connectivity index (χ4n) is 5.79. The molecule has 0 bridgehead atoms. The number of rotatable bonds is 26. The van der Waals surface area contributed by atoms with Crippen LogP contribution < -0.4 is 0 Å². The normalized spacial score (nSPS) is 13.0. The first-order valence-corrected chi connectivity index (χ1v) is 17.1. The van der Waals surface area contributed by atoms with Crippen LogP contribution in [0.2, 0.25) is 0 Å². The second-order valence-electron chi connectivity index (χ2n) is 11.9. The molecule has 39 heavy (non-hydrogen) atoms. The summed E-state index contributed by atoms with van der Waals surface area (Å²) < 4.78 is 6.99. The quantitative estimate of drug-likeness (QED) is 0.109. The van der Waals surface area contributed by atoms with E-state index in [0.29, 0.717) is 0 Å². The maximum Gasteiger partial charge on any atom is 0.0833 e. The highest BCUT2D eigenvalue weighted by Gasteiger charge is 2.19. The summed E-state index contributed by atoms with van der Waals surface area (Å²) in [5.74, 6) is 0. The minimum atomic E-state index is 0.188. The summed E-state index contributed by atoms with van der Waals surface area (Å²) in [5, 5.41) is 0. The van der Waals surface area contributed by atoms with Crippen LogP contribution in [0.1, 0.15) is 178 Å². The molecule has 0 aliphatic heterocycles. The van der Waals surface area contributed by atoms with Crippen LogP contribution in [-0.2, 0) is 4.74 Å². The molecule has 2 atom stereocenters. The molecular formula is C38H62O. The fourth-order valence-corrected chi connectivity index (χ4v) is 5.79.